The van der Waals surface area contributed by atoms with E-state index >= 15 is 0 Å². The van der Waals surface area contributed by atoms with E-state index in [1.807, 2.05) is 0 Å². The fourth-order valence-corrected chi connectivity index (χ4v) is 3.77. The molecule has 9 nitrogen and oxygen atoms in total. The molecule has 2 N–H and O–H groups in total. The van der Waals surface area contributed by atoms with Crippen LogP contribution in [0.5, 0.6) is 0 Å². The molecule has 3 rings (SSSR count). The Balaban J connectivity index is 1.92. The molecule has 0 aliphatic carbocycles. The van der Waals surface area contributed by atoms with Gasteiger partial charge in [-0.1, -0.05) is 0 Å². The highest BCUT2D eigenvalue weighted by molar-refractivity contribution is 7.92. The van der Waals surface area contributed by atoms with E-state index in [0.29, 0.717) is 23.0 Å². The van der Waals surface area contributed by atoms with Crippen molar-refractivity contribution < 1.29 is 26.4 Å². The second-order valence-electron chi connectivity index (χ2n) is 7.72. The number of anilines is 4. The number of carbonyl (C=O) groups is 1. The number of pyridine rings is 1. The molecule has 0 atom stereocenters. The van der Waals surface area contributed by atoms with Gasteiger partial charge in [0.15, 0.2) is 5.78 Å². The molecule has 186 valence electrons. The van der Waals surface area contributed by atoms with Crippen LogP contribution in [0.4, 0.5) is 36.3 Å². The van der Waals surface area contributed by atoms with Crippen molar-refractivity contribution in [3.63, 3.8) is 0 Å². The number of carbonyl (C=O) groups excluding carboxylic acids is 1. The molecule has 0 aliphatic rings. The first kappa shape index (κ1) is 25.9. The summed E-state index contributed by atoms with van der Waals surface area (Å²) in [6.45, 7) is 2.94. The van der Waals surface area contributed by atoms with E-state index in [2.05, 4.69) is 25.6 Å². The van der Waals surface area contributed by atoms with Gasteiger partial charge in [0, 0.05) is 30.7 Å². The van der Waals surface area contributed by atoms with Crippen LogP contribution in [0.15, 0.2) is 42.7 Å². The molecule has 0 saturated heterocycles. The zero-order valence-corrected chi connectivity index (χ0v) is 20.1. The smallest absolute Gasteiger partial charge is 0.364 e. The number of alkyl halides is 3. The number of hydrogen-bond acceptors (Lipinski definition) is 8. The summed E-state index contributed by atoms with van der Waals surface area (Å²) in [5, 5.41) is 5.44. The number of sulfonamides is 1. The summed E-state index contributed by atoms with van der Waals surface area (Å²) < 4.78 is 65.6. The molecule has 0 aliphatic heterocycles. The summed E-state index contributed by atoms with van der Waals surface area (Å²) in [5.41, 5.74) is 1.02. The predicted octanol–water partition coefficient (Wildman–Crippen LogP) is 4.15. The first-order chi connectivity index (χ1) is 16.3. The van der Waals surface area contributed by atoms with E-state index in [1.165, 1.54) is 32.3 Å². The number of aromatic nitrogens is 3. The molecule has 0 amide bonds. The van der Waals surface area contributed by atoms with E-state index in [1.54, 1.807) is 25.1 Å². The molecule has 0 bridgehead atoms. The van der Waals surface area contributed by atoms with Crippen LogP contribution in [0.3, 0.4) is 0 Å². The average molecular weight is 509 g/mol. The Morgan fingerprint density at radius 1 is 1.17 bits per heavy atom. The van der Waals surface area contributed by atoms with Gasteiger partial charge in [0.1, 0.15) is 11.4 Å². The third-order valence-corrected chi connectivity index (χ3v) is 6.27. The van der Waals surface area contributed by atoms with Gasteiger partial charge in [0.2, 0.25) is 16.0 Å². The summed E-state index contributed by atoms with van der Waals surface area (Å²) in [6, 6.07) is 7.87. The first-order valence-corrected chi connectivity index (χ1v) is 12.1. The molecule has 3 aromatic rings. The highest BCUT2D eigenvalue weighted by atomic mass is 32.2. The third-order valence-electron chi connectivity index (χ3n) is 5.08. The van der Waals surface area contributed by atoms with Crippen LogP contribution < -0.4 is 14.9 Å². The van der Waals surface area contributed by atoms with Crippen LogP contribution in [0, 0.1) is 6.92 Å². The molecule has 1 aromatic carbocycles. The number of rotatable bonds is 8. The largest absolute Gasteiger partial charge is 0.421 e. The second-order valence-corrected chi connectivity index (χ2v) is 9.73. The second kappa shape index (κ2) is 9.86. The van der Waals surface area contributed by atoms with Crippen LogP contribution in [-0.2, 0) is 22.7 Å². The SMILES string of the molecule is CC(=O)c1ccc(Nc2ncc(C(F)(F)F)c(NCc3ncccc3N(C)S(C)(=O)=O)n2)cc1C. The van der Waals surface area contributed by atoms with E-state index in [4.69, 9.17) is 0 Å². The van der Waals surface area contributed by atoms with Crippen molar-refractivity contribution in [2.75, 3.05) is 28.2 Å². The fourth-order valence-electron chi connectivity index (χ4n) is 3.25. The third kappa shape index (κ3) is 6.23. The maximum Gasteiger partial charge on any atom is 0.421 e. The van der Waals surface area contributed by atoms with Gasteiger partial charge < -0.3 is 10.6 Å². The Bertz CT molecular complexity index is 1360. The Kier molecular flexibility index (Phi) is 7.29. The monoisotopic (exact) mass is 508 g/mol. The van der Waals surface area contributed by atoms with E-state index < -0.39 is 27.6 Å². The number of aryl methyl sites for hydroxylation is 1. The molecule has 0 fully saturated rings. The lowest BCUT2D eigenvalue weighted by atomic mass is 10.1. The highest BCUT2D eigenvalue weighted by Crippen LogP contribution is 2.34. The number of halogens is 3. The molecule has 2 aromatic heterocycles. The van der Waals surface area contributed by atoms with Gasteiger partial charge in [0.05, 0.1) is 24.2 Å². The summed E-state index contributed by atoms with van der Waals surface area (Å²) in [5.74, 6) is -0.725. The number of benzene rings is 1. The van der Waals surface area contributed by atoms with Crippen molar-refractivity contribution in [2.24, 2.45) is 0 Å². The number of nitrogens with zero attached hydrogens (tertiary/aromatic N) is 4. The van der Waals surface area contributed by atoms with Gasteiger partial charge in [-0.25, -0.2) is 13.4 Å². The van der Waals surface area contributed by atoms with E-state index in [9.17, 15) is 26.4 Å². The number of Topliss-reactive ketones (excluding diaryl/α,β-unsaturated/α-hetero) is 1. The number of nitrogens with one attached hydrogen (secondary N) is 2. The average Bonchev–Trinajstić information content (AvgIpc) is 2.76. The molecule has 0 spiro atoms. The van der Waals surface area contributed by atoms with Crippen LogP contribution in [0.2, 0.25) is 0 Å². The summed E-state index contributed by atoms with van der Waals surface area (Å²) in [7, 11) is -2.29. The lowest BCUT2D eigenvalue weighted by Gasteiger charge is -2.20. The fraction of sp³-hybridized carbons (Fsp3) is 0.273. The van der Waals surface area contributed by atoms with Gasteiger partial charge in [-0.05, 0) is 49.7 Å². The Morgan fingerprint density at radius 2 is 1.89 bits per heavy atom. The highest BCUT2D eigenvalue weighted by Gasteiger charge is 2.35. The van der Waals surface area contributed by atoms with Crippen LogP contribution >= 0.6 is 0 Å². The summed E-state index contributed by atoms with van der Waals surface area (Å²) in [4.78, 5) is 23.5. The zero-order valence-electron chi connectivity index (χ0n) is 19.3. The molecule has 0 radical (unpaired) electrons. The maximum atomic E-state index is 13.6. The molecule has 13 heteroatoms. The zero-order chi connectivity index (χ0) is 26.0. The molecule has 0 saturated carbocycles. The Labute approximate surface area is 200 Å². The predicted molar refractivity (Wildman–Crippen MR) is 126 cm³/mol. The van der Waals surface area contributed by atoms with Gasteiger partial charge in [0.25, 0.3) is 0 Å². The van der Waals surface area contributed by atoms with E-state index in [-0.39, 0.29) is 29.7 Å². The van der Waals surface area contributed by atoms with Crippen molar-refractivity contribution in [3.05, 3.63) is 65.1 Å². The minimum absolute atomic E-state index is 0.107. The molecule has 2 heterocycles. The van der Waals surface area contributed by atoms with Crippen molar-refractivity contribution >= 4 is 38.9 Å². The van der Waals surface area contributed by atoms with Gasteiger partial charge in [-0.15, -0.1) is 0 Å². The molecular weight excluding hydrogens is 485 g/mol. The Hall–Kier alpha value is -3.74. The number of hydrogen-bond donors (Lipinski definition) is 2. The van der Waals surface area contributed by atoms with Crippen molar-refractivity contribution in [2.45, 2.75) is 26.6 Å². The van der Waals surface area contributed by atoms with Gasteiger partial charge >= 0.3 is 6.18 Å². The quantitative estimate of drug-likeness (QED) is 0.436. The van der Waals surface area contributed by atoms with Crippen molar-refractivity contribution in [1.29, 1.82) is 0 Å². The van der Waals surface area contributed by atoms with Crippen molar-refractivity contribution in [1.82, 2.24) is 15.0 Å². The molecular formula is C22H23F3N6O3S. The summed E-state index contributed by atoms with van der Waals surface area (Å²) >= 11 is 0. The minimum Gasteiger partial charge on any atom is -0.364 e. The van der Waals surface area contributed by atoms with Gasteiger partial charge in [-0.3, -0.25) is 14.1 Å². The molecule has 35 heavy (non-hydrogen) atoms. The minimum atomic E-state index is -4.74. The van der Waals surface area contributed by atoms with Crippen LogP contribution in [0.1, 0.15) is 34.1 Å². The molecule has 0 unspecified atom stereocenters. The standard InChI is InChI=1S/C22H23F3N6O3S/c1-13-10-15(7-8-16(13)14(2)32)29-21-28-11-17(22(23,24)25)20(30-21)27-12-18-19(6-5-9-26-18)31(3)35(4,33)34/h5-11H,12H2,1-4H3,(H2,27,28,29,30). The normalized spacial score (nSPS) is 11.7. The topological polar surface area (TPSA) is 117 Å². The lowest BCUT2D eigenvalue weighted by Crippen LogP contribution is -2.26. The first-order valence-electron chi connectivity index (χ1n) is 10.2. The van der Waals surface area contributed by atoms with Crippen molar-refractivity contribution in [3.8, 4) is 0 Å². The van der Waals surface area contributed by atoms with Crippen LogP contribution in [-0.4, -0.2) is 42.5 Å². The maximum absolute atomic E-state index is 13.6. The van der Waals surface area contributed by atoms with Gasteiger partial charge in [-0.2, -0.15) is 18.2 Å². The van der Waals surface area contributed by atoms with E-state index in [0.717, 1.165) is 10.6 Å². The lowest BCUT2D eigenvalue weighted by molar-refractivity contribution is -0.137. The summed E-state index contributed by atoms with van der Waals surface area (Å²) in [6.07, 6.45) is -1.68. The number of ketones is 1. The Morgan fingerprint density at radius 3 is 2.49 bits per heavy atom. The van der Waals surface area contributed by atoms with Crippen LogP contribution in [0.25, 0.3) is 0 Å².